The minimum Gasteiger partial charge on any atom is -0.459 e. The van der Waals surface area contributed by atoms with Gasteiger partial charge in [0.05, 0.1) is 18.4 Å². The van der Waals surface area contributed by atoms with Gasteiger partial charge in [-0.05, 0) is 12.1 Å². The zero-order valence-corrected chi connectivity index (χ0v) is 12.6. The van der Waals surface area contributed by atoms with Crippen molar-refractivity contribution in [3.05, 3.63) is 29.6 Å². The number of esters is 2. The standard InChI is InChI=1S/C14H10F8O4/c15-11-7(14(20,21)22)2-1-3-8(11)26-10(24)5-4-9(23)25-6-13(18,19)12(16)17/h1-3,12H,4-6H2. The van der Waals surface area contributed by atoms with Gasteiger partial charge in [0.1, 0.15) is 0 Å². The number of carbonyl (C=O) groups is 2. The van der Waals surface area contributed by atoms with Gasteiger partial charge in [-0.25, -0.2) is 13.2 Å². The van der Waals surface area contributed by atoms with Gasteiger partial charge in [-0.15, -0.1) is 0 Å². The van der Waals surface area contributed by atoms with E-state index in [0.29, 0.717) is 6.07 Å². The number of carbonyl (C=O) groups excluding carboxylic acids is 2. The van der Waals surface area contributed by atoms with E-state index in [1.807, 2.05) is 0 Å². The van der Waals surface area contributed by atoms with Gasteiger partial charge in [0, 0.05) is 0 Å². The molecule has 26 heavy (non-hydrogen) atoms. The molecule has 4 nitrogen and oxygen atoms in total. The number of halogens is 8. The normalized spacial score (nSPS) is 12.2. The molecule has 12 heteroatoms. The summed E-state index contributed by atoms with van der Waals surface area (Å²) < 4.78 is 108. The summed E-state index contributed by atoms with van der Waals surface area (Å²) in [5, 5.41) is 0. The molecule has 0 aliphatic heterocycles. The zero-order chi connectivity index (χ0) is 20.1. The first kappa shape index (κ1) is 21.6. The topological polar surface area (TPSA) is 52.6 Å². The van der Waals surface area contributed by atoms with E-state index in [1.165, 1.54) is 0 Å². The van der Waals surface area contributed by atoms with Crippen LogP contribution in [0.5, 0.6) is 5.75 Å². The van der Waals surface area contributed by atoms with E-state index >= 15 is 0 Å². The number of hydrogen-bond acceptors (Lipinski definition) is 4. The lowest BCUT2D eigenvalue weighted by atomic mass is 10.2. The summed E-state index contributed by atoms with van der Waals surface area (Å²) in [5.41, 5.74) is -1.68. The largest absolute Gasteiger partial charge is 0.459 e. The molecule has 0 spiro atoms. The predicted octanol–water partition coefficient (Wildman–Crippen LogP) is 3.97. The highest BCUT2D eigenvalue weighted by atomic mass is 19.4. The van der Waals surface area contributed by atoms with E-state index in [1.54, 1.807) is 0 Å². The summed E-state index contributed by atoms with van der Waals surface area (Å²) in [6, 6.07) is 1.91. The fourth-order valence-corrected chi connectivity index (χ4v) is 1.50. The third-order valence-corrected chi connectivity index (χ3v) is 2.77. The highest BCUT2D eigenvalue weighted by molar-refractivity contribution is 5.79. The first-order chi connectivity index (χ1) is 11.8. The highest BCUT2D eigenvalue weighted by Gasteiger charge is 2.42. The Morgan fingerprint density at radius 2 is 1.58 bits per heavy atom. The molecule has 0 aromatic heterocycles. The molecule has 0 aliphatic carbocycles. The molecule has 0 N–H and O–H groups in total. The van der Waals surface area contributed by atoms with Crippen molar-refractivity contribution in [3.8, 4) is 5.75 Å². The molecular formula is C14H10F8O4. The van der Waals surface area contributed by atoms with E-state index < -0.39 is 67.0 Å². The van der Waals surface area contributed by atoms with Gasteiger partial charge >= 0.3 is 30.5 Å². The Labute approximate surface area is 140 Å². The fraction of sp³-hybridized carbons (Fsp3) is 0.429. The number of rotatable bonds is 7. The van der Waals surface area contributed by atoms with Crippen LogP contribution in [0.2, 0.25) is 0 Å². The van der Waals surface area contributed by atoms with E-state index in [4.69, 9.17) is 0 Å². The van der Waals surface area contributed by atoms with Crippen LogP contribution in [-0.2, 0) is 20.5 Å². The van der Waals surface area contributed by atoms with Crippen molar-refractivity contribution in [3.63, 3.8) is 0 Å². The van der Waals surface area contributed by atoms with Crippen molar-refractivity contribution in [2.45, 2.75) is 31.4 Å². The minimum atomic E-state index is -5.04. The van der Waals surface area contributed by atoms with Crippen molar-refractivity contribution in [1.82, 2.24) is 0 Å². The van der Waals surface area contributed by atoms with Crippen LogP contribution in [0.4, 0.5) is 35.1 Å². The molecule has 0 bridgehead atoms. The minimum absolute atomic E-state index is 0.410. The maximum atomic E-state index is 13.6. The van der Waals surface area contributed by atoms with Crippen LogP contribution in [-0.4, -0.2) is 30.9 Å². The first-order valence-corrected chi connectivity index (χ1v) is 6.72. The lowest BCUT2D eigenvalue weighted by Crippen LogP contribution is -2.33. The van der Waals surface area contributed by atoms with Crippen LogP contribution in [0.15, 0.2) is 18.2 Å². The summed E-state index contributed by atoms with van der Waals surface area (Å²) in [4.78, 5) is 22.5. The lowest BCUT2D eigenvalue weighted by Gasteiger charge is -2.15. The van der Waals surface area contributed by atoms with Crippen LogP contribution in [0.1, 0.15) is 18.4 Å². The molecule has 0 aliphatic rings. The number of hydrogen-bond donors (Lipinski definition) is 0. The van der Waals surface area contributed by atoms with Gasteiger partial charge in [0.25, 0.3) is 0 Å². The fourth-order valence-electron chi connectivity index (χ4n) is 1.50. The molecule has 0 radical (unpaired) electrons. The van der Waals surface area contributed by atoms with E-state index in [2.05, 4.69) is 9.47 Å². The Morgan fingerprint density at radius 1 is 1.00 bits per heavy atom. The van der Waals surface area contributed by atoms with Crippen molar-refractivity contribution >= 4 is 11.9 Å². The first-order valence-electron chi connectivity index (χ1n) is 6.72. The average Bonchev–Trinajstić information content (AvgIpc) is 2.51. The molecule has 0 saturated heterocycles. The monoisotopic (exact) mass is 394 g/mol. The summed E-state index contributed by atoms with van der Waals surface area (Å²) in [6.45, 7) is -1.92. The molecular weight excluding hydrogens is 384 g/mol. The van der Waals surface area contributed by atoms with Gasteiger partial charge in [0.15, 0.2) is 18.2 Å². The predicted molar refractivity (Wildman–Crippen MR) is 68.2 cm³/mol. The Hall–Kier alpha value is -2.40. The van der Waals surface area contributed by atoms with Gasteiger partial charge in [-0.2, -0.15) is 22.0 Å². The van der Waals surface area contributed by atoms with Gasteiger partial charge < -0.3 is 9.47 Å². The number of ether oxygens (including phenoxy) is 2. The number of alkyl halides is 7. The second-order valence-electron chi connectivity index (χ2n) is 4.81. The molecule has 0 atom stereocenters. The van der Waals surface area contributed by atoms with Crippen LogP contribution < -0.4 is 4.74 Å². The van der Waals surface area contributed by atoms with Crippen LogP contribution in [0.25, 0.3) is 0 Å². The zero-order valence-electron chi connectivity index (χ0n) is 12.6. The Bertz CT molecular complexity index is 657. The maximum absolute atomic E-state index is 13.6. The Morgan fingerprint density at radius 3 is 2.12 bits per heavy atom. The lowest BCUT2D eigenvalue weighted by molar-refractivity contribution is -0.180. The van der Waals surface area contributed by atoms with Crippen LogP contribution in [0, 0.1) is 5.82 Å². The molecule has 1 rings (SSSR count). The van der Waals surface area contributed by atoms with Crippen molar-refractivity contribution < 1.29 is 54.2 Å². The third kappa shape index (κ3) is 6.15. The molecule has 0 fully saturated rings. The smallest absolute Gasteiger partial charge is 0.419 e. The Balaban J connectivity index is 2.57. The second kappa shape index (κ2) is 8.32. The molecule has 0 saturated carbocycles. The summed E-state index contributed by atoms with van der Waals surface area (Å²) in [5.74, 6) is -10.3. The van der Waals surface area contributed by atoms with Crippen molar-refractivity contribution in [2.75, 3.05) is 6.61 Å². The number of benzene rings is 1. The third-order valence-electron chi connectivity index (χ3n) is 2.77. The molecule has 0 unspecified atom stereocenters. The van der Waals surface area contributed by atoms with Gasteiger partial charge in [0.2, 0.25) is 0 Å². The van der Waals surface area contributed by atoms with E-state index in [9.17, 15) is 44.7 Å². The summed E-state index contributed by atoms with van der Waals surface area (Å²) >= 11 is 0. The van der Waals surface area contributed by atoms with Crippen LogP contribution in [0.3, 0.4) is 0 Å². The van der Waals surface area contributed by atoms with E-state index in [-0.39, 0.29) is 0 Å². The maximum Gasteiger partial charge on any atom is 0.419 e. The van der Waals surface area contributed by atoms with Crippen LogP contribution >= 0.6 is 0 Å². The second-order valence-corrected chi connectivity index (χ2v) is 4.81. The summed E-state index contributed by atoms with van der Waals surface area (Å²) in [7, 11) is 0. The van der Waals surface area contributed by atoms with Gasteiger partial charge in [-0.3, -0.25) is 9.59 Å². The molecule has 1 aromatic rings. The quantitative estimate of drug-likeness (QED) is 0.399. The molecule has 0 amide bonds. The van der Waals surface area contributed by atoms with Gasteiger partial charge in [-0.1, -0.05) is 6.07 Å². The molecule has 146 valence electrons. The molecule has 0 heterocycles. The average molecular weight is 394 g/mol. The molecule has 1 aromatic carbocycles. The highest BCUT2D eigenvalue weighted by Crippen LogP contribution is 2.34. The van der Waals surface area contributed by atoms with Crippen molar-refractivity contribution in [2.24, 2.45) is 0 Å². The Kier molecular flexibility index (Phi) is 6.93. The summed E-state index contributed by atoms with van der Waals surface area (Å²) in [6.07, 6.45) is -10.9. The SMILES string of the molecule is O=C(CCC(=O)Oc1cccc(C(F)(F)F)c1F)OCC(F)(F)C(F)F. The van der Waals surface area contributed by atoms with E-state index in [0.717, 1.165) is 12.1 Å². The van der Waals surface area contributed by atoms with Crippen molar-refractivity contribution in [1.29, 1.82) is 0 Å².